The first-order valence-corrected chi connectivity index (χ1v) is 7.18. The van der Waals surface area contributed by atoms with Crippen LogP contribution in [0.2, 0.25) is 0 Å². The molecule has 0 saturated heterocycles. The van der Waals surface area contributed by atoms with Gasteiger partial charge in [0.15, 0.2) is 6.61 Å². The van der Waals surface area contributed by atoms with E-state index in [9.17, 15) is 9.18 Å². The third kappa shape index (κ3) is 3.85. The fraction of sp³-hybridized carbons (Fsp3) is 0.278. The summed E-state index contributed by atoms with van der Waals surface area (Å²) in [6.45, 7) is 3.82. The molecule has 0 N–H and O–H groups in total. The highest BCUT2D eigenvalue weighted by molar-refractivity contribution is 5.78. The second-order valence-electron chi connectivity index (χ2n) is 5.29. The predicted octanol–water partition coefficient (Wildman–Crippen LogP) is 3.73. The van der Waals surface area contributed by atoms with Gasteiger partial charge in [-0.25, -0.2) is 4.39 Å². The zero-order valence-corrected chi connectivity index (χ0v) is 13.0. The number of aryl methyl sites for hydroxylation is 1. The highest BCUT2D eigenvalue weighted by Gasteiger charge is 2.18. The van der Waals surface area contributed by atoms with Crippen LogP contribution in [0.15, 0.2) is 48.5 Å². The minimum absolute atomic E-state index is 0.0209. The highest BCUT2D eigenvalue weighted by Crippen LogP contribution is 2.20. The van der Waals surface area contributed by atoms with Crippen molar-refractivity contribution in [2.75, 3.05) is 13.7 Å². The van der Waals surface area contributed by atoms with E-state index in [1.165, 1.54) is 12.1 Å². The molecule has 0 radical (unpaired) electrons. The van der Waals surface area contributed by atoms with Crippen molar-refractivity contribution < 1.29 is 13.9 Å². The maximum Gasteiger partial charge on any atom is 0.260 e. The van der Waals surface area contributed by atoms with Crippen molar-refractivity contribution >= 4 is 5.91 Å². The molecular formula is C18H20FNO2. The van der Waals surface area contributed by atoms with Crippen molar-refractivity contribution in [3.05, 3.63) is 65.5 Å². The summed E-state index contributed by atoms with van der Waals surface area (Å²) in [4.78, 5) is 13.8. The number of nitrogens with zero attached hydrogens (tertiary/aromatic N) is 1. The number of ether oxygens (including phenoxy) is 1. The molecule has 0 spiro atoms. The van der Waals surface area contributed by atoms with E-state index < -0.39 is 0 Å². The number of benzene rings is 2. The summed E-state index contributed by atoms with van der Waals surface area (Å²) in [5.74, 6) is 0.298. The van der Waals surface area contributed by atoms with Gasteiger partial charge in [0, 0.05) is 7.05 Å². The van der Waals surface area contributed by atoms with Crippen molar-refractivity contribution in [1.29, 1.82) is 0 Å². The van der Waals surface area contributed by atoms with Crippen LogP contribution in [0.4, 0.5) is 4.39 Å². The highest BCUT2D eigenvalue weighted by atomic mass is 19.1. The molecule has 0 heterocycles. The lowest BCUT2D eigenvalue weighted by Crippen LogP contribution is -2.33. The van der Waals surface area contributed by atoms with Crippen LogP contribution in [-0.4, -0.2) is 24.5 Å². The molecule has 22 heavy (non-hydrogen) atoms. The summed E-state index contributed by atoms with van der Waals surface area (Å²) in [6, 6.07) is 13.6. The van der Waals surface area contributed by atoms with Gasteiger partial charge in [-0.15, -0.1) is 0 Å². The van der Waals surface area contributed by atoms with E-state index in [1.54, 1.807) is 24.1 Å². The summed E-state index contributed by atoms with van der Waals surface area (Å²) in [6.07, 6.45) is 0. The Kier molecular flexibility index (Phi) is 5.15. The first-order chi connectivity index (χ1) is 10.5. The Hall–Kier alpha value is -2.36. The predicted molar refractivity (Wildman–Crippen MR) is 84.3 cm³/mol. The van der Waals surface area contributed by atoms with E-state index in [-0.39, 0.29) is 24.4 Å². The lowest BCUT2D eigenvalue weighted by molar-refractivity contribution is -0.134. The average Bonchev–Trinajstić information content (AvgIpc) is 2.53. The first kappa shape index (κ1) is 16.0. The van der Waals surface area contributed by atoms with Crippen LogP contribution < -0.4 is 4.74 Å². The number of hydrogen-bond acceptors (Lipinski definition) is 2. The van der Waals surface area contributed by atoms with Crippen molar-refractivity contribution in [3.8, 4) is 5.75 Å². The molecule has 0 fully saturated rings. The van der Waals surface area contributed by atoms with E-state index in [0.29, 0.717) is 5.75 Å². The second-order valence-corrected chi connectivity index (χ2v) is 5.29. The Labute approximate surface area is 130 Å². The third-order valence-electron chi connectivity index (χ3n) is 3.77. The molecule has 0 aromatic heterocycles. The molecule has 0 aliphatic rings. The summed E-state index contributed by atoms with van der Waals surface area (Å²) in [5, 5.41) is 0. The van der Waals surface area contributed by atoms with Crippen LogP contribution in [0.5, 0.6) is 5.75 Å². The minimum Gasteiger partial charge on any atom is -0.484 e. The van der Waals surface area contributed by atoms with Crippen LogP contribution in [-0.2, 0) is 4.79 Å². The van der Waals surface area contributed by atoms with Crippen molar-refractivity contribution in [1.82, 2.24) is 4.90 Å². The van der Waals surface area contributed by atoms with E-state index in [2.05, 4.69) is 0 Å². The van der Waals surface area contributed by atoms with Crippen LogP contribution >= 0.6 is 0 Å². The number of amides is 1. The van der Waals surface area contributed by atoms with Crippen LogP contribution in [0.25, 0.3) is 0 Å². The smallest absolute Gasteiger partial charge is 0.260 e. The van der Waals surface area contributed by atoms with Crippen LogP contribution in [0, 0.1) is 12.7 Å². The minimum atomic E-state index is -0.284. The quantitative estimate of drug-likeness (QED) is 0.842. The molecule has 4 heteroatoms. The molecule has 1 amide bonds. The van der Waals surface area contributed by atoms with E-state index in [0.717, 1.165) is 11.1 Å². The zero-order chi connectivity index (χ0) is 16.1. The van der Waals surface area contributed by atoms with Gasteiger partial charge >= 0.3 is 0 Å². The fourth-order valence-corrected chi connectivity index (χ4v) is 2.14. The second kappa shape index (κ2) is 7.07. The monoisotopic (exact) mass is 301 g/mol. The topological polar surface area (TPSA) is 29.5 Å². The van der Waals surface area contributed by atoms with Crippen molar-refractivity contribution in [2.24, 2.45) is 0 Å². The molecule has 116 valence electrons. The van der Waals surface area contributed by atoms with Gasteiger partial charge in [-0.05, 0) is 43.2 Å². The molecular weight excluding hydrogens is 281 g/mol. The molecule has 1 unspecified atom stereocenters. The Morgan fingerprint density at radius 1 is 1.18 bits per heavy atom. The number of carbonyl (C=O) groups is 1. The molecule has 2 rings (SSSR count). The van der Waals surface area contributed by atoms with Gasteiger partial charge < -0.3 is 9.64 Å². The first-order valence-electron chi connectivity index (χ1n) is 7.18. The van der Waals surface area contributed by atoms with Crippen molar-refractivity contribution in [3.63, 3.8) is 0 Å². The molecule has 1 atom stereocenters. The van der Waals surface area contributed by atoms with Gasteiger partial charge in [0.1, 0.15) is 11.6 Å². The molecule has 0 saturated carbocycles. The number of hydrogen-bond donors (Lipinski definition) is 0. The van der Waals surface area contributed by atoms with Gasteiger partial charge in [-0.2, -0.15) is 0 Å². The number of rotatable bonds is 5. The Balaban J connectivity index is 1.97. The van der Waals surface area contributed by atoms with Crippen LogP contribution in [0.3, 0.4) is 0 Å². The maximum atomic E-state index is 13.0. The van der Waals surface area contributed by atoms with Gasteiger partial charge in [-0.3, -0.25) is 4.79 Å². The number of likely N-dealkylation sites (N-methyl/N-ethyl adjacent to an activating group) is 1. The van der Waals surface area contributed by atoms with Gasteiger partial charge in [0.05, 0.1) is 6.04 Å². The lowest BCUT2D eigenvalue weighted by atomic mass is 10.1. The summed E-state index contributed by atoms with van der Waals surface area (Å²) < 4.78 is 18.5. The van der Waals surface area contributed by atoms with Gasteiger partial charge in [0.2, 0.25) is 0 Å². The lowest BCUT2D eigenvalue weighted by Gasteiger charge is -2.25. The maximum absolute atomic E-state index is 13.0. The Bertz CT molecular complexity index is 640. The number of halogens is 1. The zero-order valence-electron chi connectivity index (χ0n) is 13.0. The van der Waals surface area contributed by atoms with Crippen molar-refractivity contribution in [2.45, 2.75) is 19.9 Å². The van der Waals surface area contributed by atoms with Crippen LogP contribution in [0.1, 0.15) is 24.1 Å². The van der Waals surface area contributed by atoms with Gasteiger partial charge in [-0.1, -0.05) is 30.3 Å². The average molecular weight is 301 g/mol. The SMILES string of the molecule is Cc1ccccc1OCC(=O)N(C)C(C)c1ccc(F)cc1. The molecule has 2 aromatic carbocycles. The Morgan fingerprint density at radius 2 is 1.82 bits per heavy atom. The standard InChI is InChI=1S/C18H20FNO2/c1-13-6-4-5-7-17(13)22-12-18(21)20(3)14(2)15-8-10-16(19)11-9-15/h4-11,14H,12H2,1-3H3. The molecule has 0 aliphatic heterocycles. The summed E-state index contributed by atoms with van der Waals surface area (Å²) >= 11 is 0. The normalized spacial score (nSPS) is 11.8. The molecule has 3 nitrogen and oxygen atoms in total. The Morgan fingerprint density at radius 3 is 2.45 bits per heavy atom. The number of para-hydroxylation sites is 1. The van der Waals surface area contributed by atoms with E-state index in [4.69, 9.17) is 4.74 Å². The van der Waals surface area contributed by atoms with E-state index in [1.807, 2.05) is 38.1 Å². The fourth-order valence-electron chi connectivity index (χ4n) is 2.14. The molecule has 0 aliphatic carbocycles. The summed E-state index contributed by atoms with van der Waals surface area (Å²) in [7, 11) is 1.72. The van der Waals surface area contributed by atoms with E-state index >= 15 is 0 Å². The summed E-state index contributed by atoms with van der Waals surface area (Å²) in [5.41, 5.74) is 1.87. The van der Waals surface area contributed by atoms with Gasteiger partial charge in [0.25, 0.3) is 5.91 Å². The molecule has 0 bridgehead atoms. The third-order valence-corrected chi connectivity index (χ3v) is 3.77. The molecule has 2 aromatic rings. The largest absolute Gasteiger partial charge is 0.484 e. The number of carbonyl (C=O) groups excluding carboxylic acids is 1.